The van der Waals surface area contributed by atoms with Crippen molar-refractivity contribution in [3.63, 3.8) is 0 Å². The molecule has 1 unspecified atom stereocenters. The van der Waals surface area contributed by atoms with E-state index in [-0.39, 0.29) is 6.10 Å². The van der Waals surface area contributed by atoms with Gasteiger partial charge in [0, 0.05) is 13.2 Å². The van der Waals surface area contributed by atoms with Crippen molar-refractivity contribution < 1.29 is 33.4 Å². The smallest absolute Gasteiger partial charge is 0.414 e. The van der Waals surface area contributed by atoms with Gasteiger partial charge in [0.1, 0.15) is 0 Å². The number of rotatable bonds is 6. The second kappa shape index (κ2) is 9.91. The third-order valence-corrected chi connectivity index (χ3v) is 2.91. The SMILES string of the molecule is CC(C)OP(C)(=O)OCCN(C)C.O=C(O)C(=O)O. The van der Waals surface area contributed by atoms with Crippen LogP contribution in [0.25, 0.3) is 0 Å². The van der Waals surface area contributed by atoms with Gasteiger partial charge in [0.15, 0.2) is 0 Å². The molecule has 8 nitrogen and oxygen atoms in total. The predicted octanol–water partition coefficient (Wildman–Crippen LogP) is 0.968. The minimum atomic E-state index is -2.83. The first-order valence-electron chi connectivity index (χ1n) is 5.49. The predicted molar refractivity (Wildman–Crippen MR) is 69.5 cm³/mol. The van der Waals surface area contributed by atoms with Gasteiger partial charge in [-0.25, -0.2) is 9.59 Å². The average Bonchev–Trinajstić information content (AvgIpc) is 2.14. The number of likely N-dealkylation sites (N-methyl/N-ethyl adjacent to an activating group) is 1. The lowest BCUT2D eigenvalue weighted by atomic mass is 10.5. The van der Waals surface area contributed by atoms with E-state index in [1.165, 1.54) is 6.66 Å². The first-order chi connectivity index (χ1) is 8.48. The van der Waals surface area contributed by atoms with Gasteiger partial charge in [0.05, 0.1) is 12.7 Å². The average molecular weight is 299 g/mol. The summed E-state index contributed by atoms with van der Waals surface area (Å²) in [6.07, 6.45) is -0.0600. The lowest BCUT2D eigenvalue weighted by molar-refractivity contribution is -0.159. The van der Waals surface area contributed by atoms with E-state index in [4.69, 9.17) is 28.8 Å². The molecule has 0 rings (SSSR count). The van der Waals surface area contributed by atoms with E-state index >= 15 is 0 Å². The summed E-state index contributed by atoms with van der Waals surface area (Å²) >= 11 is 0. The Balaban J connectivity index is 0. The van der Waals surface area contributed by atoms with Gasteiger partial charge in [0.25, 0.3) is 0 Å². The summed E-state index contributed by atoms with van der Waals surface area (Å²) in [4.78, 5) is 20.2. The van der Waals surface area contributed by atoms with Crippen molar-refractivity contribution in [3.05, 3.63) is 0 Å². The fourth-order valence-corrected chi connectivity index (χ4v) is 2.04. The van der Waals surface area contributed by atoms with Crippen LogP contribution in [0.5, 0.6) is 0 Å². The topological polar surface area (TPSA) is 113 Å². The molecule has 0 aromatic rings. The zero-order valence-electron chi connectivity index (χ0n) is 11.8. The molecule has 0 saturated heterocycles. The van der Waals surface area contributed by atoms with Crippen molar-refractivity contribution in [2.45, 2.75) is 20.0 Å². The monoisotopic (exact) mass is 299 g/mol. The molecule has 0 fully saturated rings. The third-order valence-electron chi connectivity index (χ3n) is 1.45. The zero-order valence-corrected chi connectivity index (χ0v) is 12.7. The summed E-state index contributed by atoms with van der Waals surface area (Å²) in [5, 5.41) is 14.8. The molecule has 0 aromatic heterocycles. The summed E-state index contributed by atoms with van der Waals surface area (Å²) in [5.74, 6) is -3.65. The van der Waals surface area contributed by atoms with Crippen LogP contribution < -0.4 is 0 Å². The highest BCUT2D eigenvalue weighted by atomic mass is 31.2. The maximum absolute atomic E-state index is 11.5. The molecule has 2 N–H and O–H groups in total. The normalized spacial score (nSPS) is 13.6. The van der Waals surface area contributed by atoms with Crippen molar-refractivity contribution >= 4 is 19.5 Å². The molecule has 0 aliphatic carbocycles. The molecular formula is C10H22NO7P. The number of carboxylic acids is 2. The van der Waals surface area contributed by atoms with Gasteiger partial charge >= 0.3 is 19.5 Å². The molecule has 0 saturated carbocycles. The van der Waals surface area contributed by atoms with Crippen molar-refractivity contribution in [1.29, 1.82) is 0 Å². The van der Waals surface area contributed by atoms with E-state index in [0.717, 1.165) is 6.54 Å². The molecule has 0 amide bonds. The van der Waals surface area contributed by atoms with E-state index in [1.807, 2.05) is 32.8 Å². The number of aliphatic carboxylic acids is 2. The number of hydrogen-bond acceptors (Lipinski definition) is 6. The zero-order chi connectivity index (χ0) is 15.6. The Labute approximate surface area is 112 Å². The third kappa shape index (κ3) is 17.1. The maximum atomic E-state index is 11.5. The fraction of sp³-hybridized carbons (Fsp3) is 0.800. The summed E-state index contributed by atoms with van der Waals surface area (Å²) in [6, 6.07) is 0. The number of carboxylic acid groups (broad SMARTS) is 2. The van der Waals surface area contributed by atoms with Crippen LogP contribution in [0.2, 0.25) is 0 Å². The van der Waals surface area contributed by atoms with Crippen molar-refractivity contribution in [2.24, 2.45) is 0 Å². The quantitative estimate of drug-likeness (QED) is 0.551. The Morgan fingerprint density at radius 2 is 1.63 bits per heavy atom. The van der Waals surface area contributed by atoms with Crippen LogP contribution in [-0.4, -0.2) is 67.1 Å². The van der Waals surface area contributed by atoms with Gasteiger partial charge in [-0.1, -0.05) is 0 Å². The molecule has 0 aromatic carbocycles. The molecule has 0 aliphatic heterocycles. The minimum Gasteiger partial charge on any atom is -0.473 e. The Kier molecular flexibility index (Phi) is 10.6. The van der Waals surface area contributed by atoms with Gasteiger partial charge in [-0.15, -0.1) is 0 Å². The molecule has 0 radical (unpaired) electrons. The van der Waals surface area contributed by atoms with Crippen LogP contribution in [-0.2, 0) is 23.2 Å². The molecular weight excluding hydrogens is 277 g/mol. The van der Waals surface area contributed by atoms with Crippen LogP contribution in [0.1, 0.15) is 13.8 Å². The van der Waals surface area contributed by atoms with Gasteiger partial charge in [0.2, 0.25) is 0 Å². The molecule has 0 heterocycles. The molecule has 1 atom stereocenters. The Hall–Kier alpha value is -0.950. The number of nitrogens with zero attached hydrogens (tertiary/aromatic N) is 1. The van der Waals surface area contributed by atoms with Gasteiger partial charge < -0.3 is 24.2 Å². The van der Waals surface area contributed by atoms with Crippen LogP contribution in [0.15, 0.2) is 0 Å². The standard InChI is InChI=1S/C8H20NO3P.C2H2O4/c1-8(2)12-13(5,10)11-7-6-9(3)4;3-1(4)2(5)6/h8H,6-7H2,1-5H3;(H,3,4)(H,5,6). The lowest BCUT2D eigenvalue weighted by Gasteiger charge is -2.17. The van der Waals surface area contributed by atoms with Crippen LogP contribution in [0, 0.1) is 0 Å². The molecule has 0 spiro atoms. The highest BCUT2D eigenvalue weighted by molar-refractivity contribution is 7.53. The van der Waals surface area contributed by atoms with Gasteiger partial charge in [-0.2, -0.15) is 0 Å². The van der Waals surface area contributed by atoms with E-state index in [9.17, 15) is 4.57 Å². The van der Waals surface area contributed by atoms with Crippen molar-refractivity contribution in [2.75, 3.05) is 33.9 Å². The van der Waals surface area contributed by atoms with Crippen molar-refractivity contribution in [1.82, 2.24) is 4.90 Å². The van der Waals surface area contributed by atoms with Crippen LogP contribution >= 0.6 is 7.60 Å². The second-order valence-corrected chi connectivity index (χ2v) is 6.18. The van der Waals surface area contributed by atoms with E-state index in [0.29, 0.717) is 6.61 Å². The van der Waals surface area contributed by atoms with Gasteiger partial charge in [-0.3, -0.25) is 4.57 Å². The maximum Gasteiger partial charge on any atom is 0.414 e. The molecule has 114 valence electrons. The van der Waals surface area contributed by atoms with E-state index in [2.05, 4.69) is 0 Å². The Bertz CT molecular complexity index is 318. The highest BCUT2D eigenvalue weighted by Crippen LogP contribution is 2.44. The second-order valence-electron chi connectivity index (χ2n) is 4.17. The minimum absolute atomic E-state index is 0.0600. The summed E-state index contributed by atoms with van der Waals surface area (Å²) in [7, 11) is 1.04. The van der Waals surface area contributed by atoms with E-state index < -0.39 is 19.5 Å². The summed E-state index contributed by atoms with van der Waals surface area (Å²) in [6.45, 7) is 6.37. The van der Waals surface area contributed by atoms with Crippen LogP contribution in [0.3, 0.4) is 0 Å². The Morgan fingerprint density at radius 1 is 1.21 bits per heavy atom. The molecule has 9 heteroatoms. The van der Waals surface area contributed by atoms with Crippen molar-refractivity contribution in [3.8, 4) is 0 Å². The summed E-state index contributed by atoms with van der Waals surface area (Å²) < 4.78 is 21.8. The number of carbonyl (C=O) groups is 2. The first-order valence-corrected chi connectivity index (χ1v) is 7.48. The molecule has 0 aliphatic rings. The van der Waals surface area contributed by atoms with E-state index in [1.54, 1.807) is 0 Å². The van der Waals surface area contributed by atoms with Gasteiger partial charge in [-0.05, 0) is 27.9 Å². The molecule has 0 bridgehead atoms. The highest BCUT2D eigenvalue weighted by Gasteiger charge is 2.18. The number of hydrogen-bond donors (Lipinski definition) is 2. The largest absolute Gasteiger partial charge is 0.473 e. The van der Waals surface area contributed by atoms with Crippen LogP contribution in [0.4, 0.5) is 0 Å². The first kappa shape index (κ1) is 20.4. The molecule has 19 heavy (non-hydrogen) atoms. The lowest BCUT2D eigenvalue weighted by Crippen LogP contribution is -2.18. The summed E-state index contributed by atoms with van der Waals surface area (Å²) in [5.41, 5.74) is 0. The Morgan fingerprint density at radius 3 is 1.89 bits per heavy atom. The fourth-order valence-electron chi connectivity index (χ4n) is 0.803.